The minimum absolute atomic E-state index is 0.150. The van der Waals surface area contributed by atoms with Crippen molar-refractivity contribution >= 4 is 49.2 Å². The Bertz CT molecular complexity index is 1790. The largest absolute Gasteiger partial charge is 0.366 e. The lowest BCUT2D eigenvalue weighted by Gasteiger charge is -2.31. The highest BCUT2D eigenvalue weighted by Gasteiger charge is 2.31. The number of aromatic amines is 1. The van der Waals surface area contributed by atoms with Crippen molar-refractivity contribution < 1.29 is 13.2 Å². The lowest BCUT2D eigenvalue weighted by Crippen LogP contribution is -2.37. The van der Waals surface area contributed by atoms with Crippen LogP contribution in [0, 0.1) is 0 Å². The number of sulfonamides is 1. The fourth-order valence-electron chi connectivity index (χ4n) is 5.52. The van der Waals surface area contributed by atoms with Gasteiger partial charge in [-0.1, -0.05) is 60.1 Å². The third-order valence-corrected chi connectivity index (χ3v) is 9.75. The SMILES string of the molecule is NC(=O)c1cc(-c2ccccc2)cc2c(C3CCN(S(=O)(=O)c4ccc5c(Cl)cccc5c4)CC3)c[nH]c12. The average Bonchev–Trinajstić information content (AvgIpc) is 3.37. The molecule has 0 saturated carbocycles. The number of primary amides is 1. The molecular weight excluding hydrogens is 518 g/mol. The van der Waals surface area contributed by atoms with Gasteiger partial charge in [-0.05, 0) is 71.2 Å². The summed E-state index contributed by atoms with van der Waals surface area (Å²) in [5.74, 6) is -0.337. The highest BCUT2D eigenvalue weighted by atomic mass is 35.5. The number of piperidine rings is 1. The quantitative estimate of drug-likeness (QED) is 0.272. The van der Waals surface area contributed by atoms with E-state index in [0.717, 1.165) is 38.4 Å². The van der Waals surface area contributed by atoms with E-state index in [1.807, 2.05) is 54.7 Å². The van der Waals surface area contributed by atoms with Gasteiger partial charge in [-0.3, -0.25) is 4.79 Å². The summed E-state index contributed by atoms with van der Waals surface area (Å²) < 4.78 is 28.5. The topological polar surface area (TPSA) is 96.3 Å². The van der Waals surface area contributed by atoms with E-state index in [1.54, 1.807) is 28.6 Å². The Balaban J connectivity index is 1.29. The van der Waals surface area contributed by atoms with Crippen LogP contribution in [0.25, 0.3) is 32.8 Å². The zero-order valence-corrected chi connectivity index (χ0v) is 22.1. The molecule has 4 aromatic carbocycles. The van der Waals surface area contributed by atoms with E-state index in [0.29, 0.717) is 36.5 Å². The molecule has 3 N–H and O–H groups in total. The molecule has 8 heteroatoms. The molecule has 5 aromatic rings. The number of halogens is 1. The second-order valence-corrected chi connectivity index (χ2v) is 12.1. The van der Waals surface area contributed by atoms with Gasteiger partial charge in [0.2, 0.25) is 10.0 Å². The van der Waals surface area contributed by atoms with E-state index in [1.165, 1.54) is 0 Å². The van der Waals surface area contributed by atoms with E-state index in [4.69, 9.17) is 17.3 Å². The number of H-pyrrole nitrogens is 1. The highest BCUT2D eigenvalue weighted by molar-refractivity contribution is 7.89. The Hall–Kier alpha value is -3.65. The molecule has 0 aliphatic carbocycles. The molecule has 0 atom stereocenters. The van der Waals surface area contributed by atoms with Crippen LogP contribution in [0.3, 0.4) is 0 Å². The van der Waals surface area contributed by atoms with Crippen molar-refractivity contribution in [2.24, 2.45) is 5.73 Å². The average molecular weight is 544 g/mol. The predicted molar refractivity (Wildman–Crippen MR) is 152 cm³/mol. The van der Waals surface area contributed by atoms with E-state index in [-0.39, 0.29) is 10.8 Å². The number of carbonyl (C=O) groups excluding carboxylic acids is 1. The Morgan fingerprint density at radius 2 is 1.66 bits per heavy atom. The number of fused-ring (bicyclic) bond motifs is 2. The van der Waals surface area contributed by atoms with Crippen molar-refractivity contribution in [2.75, 3.05) is 13.1 Å². The number of rotatable bonds is 5. The van der Waals surface area contributed by atoms with Crippen molar-refractivity contribution in [3.63, 3.8) is 0 Å². The number of hydrogen-bond donors (Lipinski definition) is 2. The first-order chi connectivity index (χ1) is 18.3. The summed E-state index contributed by atoms with van der Waals surface area (Å²) in [6, 6.07) is 24.4. The molecular formula is C30H26ClN3O3S. The molecule has 38 heavy (non-hydrogen) atoms. The molecule has 0 unspecified atom stereocenters. The van der Waals surface area contributed by atoms with Crippen LogP contribution in [0.4, 0.5) is 0 Å². The van der Waals surface area contributed by atoms with Gasteiger partial charge in [0.05, 0.1) is 16.0 Å². The van der Waals surface area contributed by atoms with Crippen molar-refractivity contribution in [3.05, 3.63) is 101 Å². The second-order valence-electron chi connectivity index (χ2n) is 9.72. The van der Waals surface area contributed by atoms with Crippen LogP contribution in [-0.2, 0) is 10.0 Å². The molecule has 0 bridgehead atoms. The molecule has 1 saturated heterocycles. The summed E-state index contributed by atoms with van der Waals surface area (Å²) in [6.45, 7) is 0.822. The smallest absolute Gasteiger partial charge is 0.250 e. The van der Waals surface area contributed by atoms with Crippen LogP contribution in [0.5, 0.6) is 0 Å². The molecule has 0 spiro atoms. The van der Waals surface area contributed by atoms with Crippen molar-refractivity contribution in [1.82, 2.24) is 9.29 Å². The lowest BCUT2D eigenvalue weighted by atomic mass is 9.88. The Morgan fingerprint density at radius 3 is 2.39 bits per heavy atom. The zero-order chi connectivity index (χ0) is 26.4. The first-order valence-electron chi connectivity index (χ1n) is 12.5. The highest BCUT2D eigenvalue weighted by Crippen LogP contribution is 2.38. The molecule has 1 fully saturated rings. The fraction of sp³-hybridized carbons (Fsp3) is 0.167. The second kappa shape index (κ2) is 9.58. The minimum atomic E-state index is -3.64. The molecule has 2 heterocycles. The summed E-state index contributed by atoms with van der Waals surface area (Å²) in [4.78, 5) is 15.8. The van der Waals surface area contributed by atoms with Gasteiger partial charge < -0.3 is 10.7 Å². The molecule has 1 aromatic heterocycles. The molecule has 6 rings (SSSR count). The van der Waals surface area contributed by atoms with E-state index >= 15 is 0 Å². The number of carbonyl (C=O) groups is 1. The third kappa shape index (κ3) is 4.26. The minimum Gasteiger partial charge on any atom is -0.366 e. The normalized spacial score (nSPS) is 15.3. The number of amides is 1. The monoisotopic (exact) mass is 543 g/mol. The Labute approximate surface area is 226 Å². The molecule has 1 aliphatic rings. The third-order valence-electron chi connectivity index (χ3n) is 7.52. The molecule has 1 amide bonds. The molecule has 6 nitrogen and oxygen atoms in total. The standard InChI is InChI=1S/C30H26ClN3O3S/c31-28-8-4-7-21-15-23(9-10-24(21)28)38(36,37)34-13-11-20(12-14-34)27-18-33-29-25(27)16-22(17-26(29)30(32)35)19-5-2-1-3-6-19/h1-10,15-18,20,33H,11-14H2,(H2,32,35). The van der Waals surface area contributed by atoms with Gasteiger partial charge in [0.1, 0.15) is 0 Å². The van der Waals surface area contributed by atoms with Gasteiger partial charge in [-0.25, -0.2) is 8.42 Å². The van der Waals surface area contributed by atoms with Crippen molar-refractivity contribution in [3.8, 4) is 11.1 Å². The number of nitrogens with two attached hydrogens (primary N) is 1. The maximum atomic E-state index is 13.5. The van der Waals surface area contributed by atoms with E-state index < -0.39 is 15.9 Å². The Kier molecular flexibility index (Phi) is 6.22. The number of aromatic nitrogens is 1. The van der Waals surface area contributed by atoms with Crippen LogP contribution in [0.1, 0.15) is 34.7 Å². The fourth-order valence-corrected chi connectivity index (χ4v) is 7.27. The van der Waals surface area contributed by atoms with Crippen molar-refractivity contribution in [1.29, 1.82) is 0 Å². The van der Waals surface area contributed by atoms with Crippen LogP contribution in [-0.4, -0.2) is 36.7 Å². The lowest BCUT2D eigenvalue weighted by molar-refractivity contribution is 0.100. The zero-order valence-electron chi connectivity index (χ0n) is 20.5. The summed E-state index contributed by atoms with van der Waals surface area (Å²) in [5.41, 5.74) is 9.91. The van der Waals surface area contributed by atoms with Crippen LogP contribution in [0.15, 0.2) is 90.0 Å². The van der Waals surface area contributed by atoms with Crippen molar-refractivity contribution in [2.45, 2.75) is 23.7 Å². The maximum Gasteiger partial charge on any atom is 0.250 e. The maximum absolute atomic E-state index is 13.5. The van der Waals surface area contributed by atoms with Gasteiger partial charge in [0, 0.05) is 35.1 Å². The van der Waals surface area contributed by atoms with Gasteiger partial charge >= 0.3 is 0 Å². The molecule has 0 radical (unpaired) electrons. The molecule has 1 aliphatic heterocycles. The summed E-state index contributed by atoms with van der Waals surface area (Å²) >= 11 is 6.26. The van der Waals surface area contributed by atoms with Crippen LogP contribution in [0.2, 0.25) is 5.02 Å². The molecule has 192 valence electrons. The van der Waals surface area contributed by atoms with E-state index in [9.17, 15) is 13.2 Å². The van der Waals surface area contributed by atoms with Gasteiger partial charge in [-0.2, -0.15) is 4.31 Å². The predicted octanol–water partition coefficient (Wildman–Crippen LogP) is 6.31. The number of nitrogens with one attached hydrogen (secondary N) is 1. The summed E-state index contributed by atoms with van der Waals surface area (Å²) in [7, 11) is -3.64. The number of nitrogens with zero attached hydrogens (tertiary/aromatic N) is 1. The van der Waals surface area contributed by atoms with Gasteiger partial charge in [0.25, 0.3) is 5.91 Å². The van der Waals surface area contributed by atoms with Crippen LogP contribution >= 0.6 is 11.6 Å². The van der Waals surface area contributed by atoms with E-state index in [2.05, 4.69) is 11.1 Å². The number of hydrogen-bond acceptors (Lipinski definition) is 3. The summed E-state index contributed by atoms with van der Waals surface area (Å²) in [6.07, 6.45) is 3.29. The van der Waals surface area contributed by atoms with Gasteiger partial charge in [0.15, 0.2) is 0 Å². The number of benzene rings is 4. The van der Waals surface area contributed by atoms with Crippen LogP contribution < -0.4 is 5.73 Å². The first kappa shape index (κ1) is 24.7. The first-order valence-corrected chi connectivity index (χ1v) is 14.3. The summed E-state index contributed by atoms with van der Waals surface area (Å²) in [5, 5.41) is 3.18. The van der Waals surface area contributed by atoms with Gasteiger partial charge in [-0.15, -0.1) is 0 Å². The Morgan fingerprint density at radius 1 is 0.895 bits per heavy atom.